The van der Waals surface area contributed by atoms with Gasteiger partial charge in [0.25, 0.3) is 0 Å². The van der Waals surface area contributed by atoms with E-state index in [0.717, 1.165) is 15.6 Å². The first-order valence-corrected chi connectivity index (χ1v) is 4.95. The molecule has 0 amide bonds. The van der Waals surface area contributed by atoms with E-state index in [0.29, 0.717) is 4.72 Å². The maximum absolute atomic E-state index is 4.14. The molecule has 2 radical (unpaired) electrons. The van der Waals surface area contributed by atoms with E-state index >= 15 is 0 Å². The molecule has 0 aliphatic rings. The van der Waals surface area contributed by atoms with Gasteiger partial charge in [-0.25, -0.2) is 0 Å². The van der Waals surface area contributed by atoms with Crippen molar-refractivity contribution in [2.24, 2.45) is 0 Å². The van der Waals surface area contributed by atoms with E-state index in [-0.39, 0.29) is 0 Å². The molecule has 0 aliphatic carbocycles. The summed E-state index contributed by atoms with van der Waals surface area (Å²) < 4.78 is 1.46. The topological polar surface area (TPSA) is 38.7 Å². The Hall–Kier alpha value is -0.471. The summed E-state index contributed by atoms with van der Waals surface area (Å²) in [5.74, 6) is 0. The summed E-state index contributed by atoms with van der Waals surface area (Å²) in [6.45, 7) is 0. The van der Waals surface area contributed by atoms with Gasteiger partial charge in [-0.05, 0) is 0 Å². The molecule has 0 atom stereocenters. The van der Waals surface area contributed by atoms with Crippen LogP contribution in [0.15, 0.2) is 18.3 Å². The minimum absolute atomic E-state index is 0.620. The number of rotatable bonds is 0. The predicted octanol–water partition coefficient (Wildman–Crippen LogP) is -1.39. The third-order valence-electron chi connectivity index (χ3n) is 1.42. The predicted molar refractivity (Wildman–Crippen MR) is 48.1 cm³/mol. The normalized spacial score (nSPS) is 10.3. The number of fused-ring (bicyclic) bond motifs is 1. The van der Waals surface area contributed by atoms with Gasteiger partial charge < -0.3 is 0 Å². The van der Waals surface area contributed by atoms with E-state index in [2.05, 4.69) is 47.0 Å². The second-order valence-electron chi connectivity index (χ2n) is 2.19. The summed E-state index contributed by atoms with van der Waals surface area (Å²) in [6.07, 6.45) is 1.72. The zero-order valence-corrected chi connectivity index (χ0v) is 9.32. The van der Waals surface area contributed by atoms with Crippen molar-refractivity contribution in [3.8, 4) is 0 Å². The second kappa shape index (κ2) is 3.11. The molecule has 0 saturated heterocycles. The van der Waals surface area contributed by atoms with Crippen molar-refractivity contribution in [2.45, 2.75) is 0 Å². The first kappa shape index (κ1) is 8.14. The van der Waals surface area contributed by atoms with E-state index in [9.17, 15) is 0 Å². The van der Waals surface area contributed by atoms with E-state index in [1.165, 1.54) is 0 Å². The molecule has 5 heteroatoms. The summed E-state index contributed by atoms with van der Waals surface area (Å²) in [5, 5.41) is 0.955. The summed E-state index contributed by atoms with van der Waals surface area (Å²) in [7, 11) is 0. The molecule has 2 aromatic rings. The number of aromatic nitrogens is 3. The van der Waals surface area contributed by atoms with Gasteiger partial charge in [0, 0.05) is 0 Å². The van der Waals surface area contributed by atoms with Crippen molar-refractivity contribution in [3.63, 3.8) is 0 Å². The number of pyridine rings is 1. The molecule has 0 N–H and O–H groups in total. The first-order valence-electron chi connectivity index (χ1n) is 3.24. The van der Waals surface area contributed by atoms with Crippen LogP contribution in [0.2, 0.25) is 0 Å². The van der Waals surface area contributed by atoms with Crippen LogP contribution in [0.5, 0.6) is 0 Å². The molecule has 0 spiro atoms. The van der Waals surface area contributed by atoms with Gasteiger partial charge in [0.2, 0.25) is 0 Å². The third-order valence-corrected chi connectivity index (χ3v) is 2.45. The Bertz CT molecular complexity index is 430. The molecule has 0 unspecified atom stereocenters. The molecule has 0 bridgehead atoms. The van der Waals surface area contributed by atoms with Crippen LogP contribution >= 0.6 is 0 Å². The van der Waals surface area contributed by atoms with Gasteiger partial charge in [0.15, 0.2) is 0 Å². The van der Waals surface area contributed by atoms with Crippen molar-refractivity contribution in [1.82, 2.24) is 15.0 Å². The fourth-order valence-corrected chi connectivity index (χ4v) is 2.10. The van der Waals surface area contributed by atoms with Crippen molar-refractivity contribution >= 4 is 52.4 Å². The second-order valence-corrected chi connectivity index (χ2v) is 3.76. The van der Waals surface area contributed by atoms with Crippen LogP contribution in [-0.2, 0) is 0 Å². The molecule has 12 heavy (non-hydrogen) atoms. The van der Waals surface area contributed by atoms with E-state index in [4.69, 9.17) is 0 Å². The molecule has 0 aliphatic heterocycles. The van der Waals surface area contributed by atoms with Crippen LogP contribution in [0.1, 0.15) is 0 Å². The molecule has 0 saturated carbocycles. The average Bonchev–Trinajstić information content (AvgIpc) is 2.04. The Morgan fingerprint density at radius 3 is 2.83 bits per heavy atom. The Morgan fingerprint density at radius 1 is 1.17 bits per heavy atom. The Balaban J connectivity index is 2.89. The Labute approximate surface area is 85.6 Å². The maximum atomic E-state index is 4.14. The van der Waals surface area contributed by atoms with Crippen molar-refractivity contribution in [2.75, 3.05) is 0 Å². The van der Waals surface area contributed by atoms with Crippen LogP contribution in [0.25, 0.3) is 11.0 Å². The average molecular weight is 287 g/mol. The first-order chi connectivity index (χ1) is 5.77. The van der Waals surface area contributed by atoms with Crippen molar-refractivity contribution in [1.29, 1.82) is 0 Å². The number of hydrogen-bond donors (Lipinski definition) is 0. The number of nitrogens with zero attached hydrogens (tertiary/aromatic N) is 3. The van der Waals surface area contributed by atoms with Gasteiger partial charge in [-0.1, -0.05) is 0 Å². The summed E-state index contributed by atoms with van der Waals surface area (Å²) in [5.41, 5.74) is 0.718. The third kappa shape index (κ3) is 1.37. The van der Waals surface area contributed by atoms with Crippen LogP contribution < -0.4 is 9.32 Å². The minimum atomic E-state index is 0.620. The number of hydrogen-bond acceptors (Lipinski definition) is 3. The Morgan fingerprint density at radius 2 is 2.00 bits per heavy atom. The molecular weight excluding hydrogens is 284 g/mol. The van der Waals surface area contributed by atoms with Gasteiger partial charge in [0.1, 0.15) is 0 Å². The summed E-state index contributed by atoms with van der Waals surface area (Å²) in [6, 6.07) is 3.80. The summed E-state index contributed by atoms with van der Waals surface area (Å²) >= 11 is 5.63. The molecule has 0 fully saturated rings. The standard InChI is InChI=1S/C7H3N3Se2/c11-6-4-2-1-3-8-5(4)9-7(12)10-6/h1-3H. The van der Waals surface area contributed by atoms with Gasteiger partial charge in [0.05, 0.1) is 0 Å². The molecule has 2 heterocycles. The van der Waals surface area contributed by atoms with Crippen molar-refractivity contribution < 1.29 is 0 Å². The molecule has 3 nitrogen and oxygen atoms in total. The van der Waals surface area contributed by atoms with Gasteiger partial charge in [-0.15, -0.1) is 0 Å². The zero-order valence-electron chi connectivity index (χ0n) is 5.89. The quantitative estimate of drug-likeness (QED) is 0.560. The van der Waals surface area contributed by atoms with Crippen LogP contribution in [0.3, 0.4) is 0 Å². The van der Waals surface area contributed by atoms with Crippen molar-refractivity contribution in [3.05, 3.63) is 18.3 Å². The van der Waals surface area contributed by atoms with E-state index in [1.807, 2.05) is 12.1 Å². The SMILES string of the molecule is [Se]c1nc([Se])c2cccnc2n1. The fourth-order valence-electron chi connectivity index (χ4n) is 0.916. The molecule has 0 aromatic carbocycles. The zero-order chi connectivity index (χ0) is 8.55. The van der Waals surface area contributed by atoms with Gasteiger partial charge in [-0.2, -0.15) is 0 Å². The Kier molecular flexibility index (Phi) is 2.11. The summed E-state index contributed by atoms with van der Waals surface area (Å²) in [4.78, 5) is 12.4. The van der Waals surface area contributed by atoms with Gasteiger partial charge in [-0.3, -0.25) is 0 Å². The van der Waals surface area contributed by atoms with E-state index < -0.39 is 0 Å². The van der Waals surface area contributed by atoms with Crippen LogP contribution in [-0.4, -0.2) is 47.0 Å². The molecule has 2 rings (SSSR count). The molecule has 58 valence electrons. The van der Waals surface area contributed by atoms with Gasteiger partial charge >= 0.3 is 85.7 Å². The van der Waals surface area contributed by atoms with E-state index in [1.54, 1.807) is 6.20 Å². The monoisotopic (exact) mass is 289 g/mol. The molecular formula is C7H3N3Se2. The van der Waals surface area contributed by atoms with Crippen LogP contribution in [0.4, 0.5) is 0 Å². The van der Waals surface area contributed by atoms with Crippen LogP contribution in [0, 0.1) is 0 Å². The fraction of sp³-hybridized carbons (Fsp3) is 0. The molecule has 2 aromatic heterocycles.